The lowest BCUT2D eigenvalue weighted by molar-refractivity contribution is 0.0174. The van der Waals surface area contributed by atoms with Gasteiger partial charge in [-0.15, -0.1) is 0 Å². The fraction of sp³-hybridized carbons (Fsp3) is 0.167. The fourth-order valence-corrected chi connectivity index (χ4v) is 1.61. The first-order valence-corrected chi connectivity index (χ1v) is 5.88. The van der Waals surface area contributed by atoms with Gasteiger partial charge in [0.2, 0.25) is 5.88 Å². The van der Waals surface area contributed by atoms with E-state index in [1.54, 1.807) is 0 Å². The molecule has 18 heavy (non-hydrogen) atoms. The number of benzene rings is 1. The van der Waals surface area contributed by atoms with Crippen LogP contribution >= 0.6 is 15.9 Å². The Morgan fingerprint density at radius 1 is 1.22 bits per heavy atom. The minimum Gasteiger partial charge on any atom is -0.438 e. The Labute approximate surface area is 111 Å². The molecule has 6 heteroatoms. The van der Waals surface area contributed by atoms with Gasteiger partial charge in [-0.1, -0.05) is 0 Å². The molecule has 0 aliphatic heterocycles. The van der Waals surface area contributed by atoms with E-state index >= 15 is 0 Å². The monoisotopic (exact) mass is 314 g/mol. The zero-order chi connectivity index (χ0) is 13.2. The lowest BCUT2D eigenvalue weighted by Crippen LogP contribution is -2.06. The van der Waals surface area contributed by atoms with Gasteiger partial charge < -0.3 is 4.74 Å². The van der Waals surface area contributed by atoms with Crippen molar-refractivity contribution in [2.24, 2.45) is 0 Å². The van der Waals surface area contributed by atoms with Crippen LogP contribution in [-0.2, 0) is 5.92 Å². The van der Waals surface area contributed by atoms with Crippen LogP contribution in [0.5, 0.6) is 11.6 Å². The molecule has 0 spiro atoms. The summed E-state index contributed by atoms with van der Waals surface area (Å²) in [5.41, 5.74) is -0.0587. The molecule has 0 saturated heterocycles. The molecule has 1 aromatic heterocycles. The second-order valence-corrected chi connectivity index (χ2v) is 4.54. The number of nitrogens with zero attached hydrogens (tertiary/aromatic N) is 2. The molecule has 0 saturated carbocycles. The van der Waals surface area contributed by atoms with E-state index in [-0.39, 0.29) is 5.56 Å². The first-order valence-electron chi connectivity index (χ1n) is 5.08. The van der Waals surface area contributed by atoms with Gasteiger partial charge >= 0.3 is 0 Å². The molecule has 1 aromatic carbocycles. The molecule has 0 N–H and O–H groups in total. The van der Waals surface area contributed by atoms with Crippen LogP contribution in [0.3, 0.4) is 0 Å². The lowest BCUT2D eigenvalue weighted by Gasteiger charge is -2.11. The highest BCUT2D eigenvalue weighted by molar-refractivity contribution is 9.10. The Bertz CT molecular complexity index is 541. The van der Waals surface area contributed by atoms with Gasteiger partial charge in [0, 0.05) is 18.7 Å². The molecule has 2 rings (SSSR count). The number of rotatable bonds is 3. The Morgan fingerprint density at radius 2 is 1.89 bits per heavy atom. The quantitative estimate of drug-likeness (QED) is 0.854. The summed E-state index contributed by atoms with van der Waals surface area (Å²) in [6.45, 7) is 0.851. The van der Waals surface area contributed by atoms with Gasteiger partial charge in [0.05, 0.1) is 4.47 Å². The smallest absolute Gasteiger partial charge is 0.270 e. The Kier molecular flexibility index (Phi) is 3.56. The van der Waals surface area contributed by atoms with E-state index in [1.807, 2.05) is 0 Å². The highest BCUT2D eigenvalue weighted by Gasteiger charge is 2.23. The standard InChI is InChI=1S/C12H9BrF2N2O/c1-12(14,15)8-2-4-9(5-3-8)18-11-10(13)6-16-7-17-11/h2-7H,1H3. The van der Waals surface area contributed by atoms with Crippen molar-refractivity contribution in [1.82, 2.24) is 9.97 Å². The summed E-state index contributed by atoms with van der Waals surface area (Å²) in [4.78, 5) is 7.71. The van der Waals surface area contributed by atoms with E-state index in [9.17, 15) is 8.78 Å². The summed E-state index contributed by atoms with van der Waals surface area (Å²) in [7, 11) is 0. The van der Waals surface area contributed by atoms with E-state index < -0.39 is 5.92 Å². The van der Waals surface area contributed by atoms with Crippen LogP contribution < -0.4 is 4.74 Å². The number of aromatic nitrogens is 2. The Morgan fingerprint density at radius 3 is 2.44 bits per heavy atom. The van der Waals surface area contributed by atoms with E-state index in [1.165, 1.54) is 36.8 Å². The van der Waals surface area contributed by atoms with Crippen LogP contribution in [-0.4, -0.2) is 9.97 Å². The van der Waals surface area contributed by atoms with Crippen molar-refractivity contribution < 1.29 is 13.5 Å². The summed E-state index contributed by atoms with van der Waals surface area (Å²) >= 11 is 3.23. The van der Waals surface area contributed by atoms with E-state index in [4.69, 9.17) is 4.74 Å². The number of hydrogen-bond donors (Lipinski definition) is 0. The maximum Gasteiger partial charge on any atom is 0.270 e. The predicted molar refractivity (Wildman–Crippen MR) is 65.8 cm³/mol. The van der Waals surface area contributed by atoms with Crippen molar-refractivity contribution in [3.63, 3.8) is 0 Å². The molecule has 94 valence electrons. The van der Waals surface area contributed by atoms with Crippen LogP contribution in [0.2, 0.25) is 0 Å². The van der Waals surface area contributed by atoms with E-state index in [0.29, 0.717) is 16.1 Å². The molecule has 0 amide bonds. The number of ether oxygens (including phenoxy) is 1. The van der Waals surface area contributed by atoms with E-state index in [2.05, 4.69) is 25.9 Å². The van der Waals surface area contributed by atoms with Gasteiger partial charge in [-0.25, -0.2) is 18.7 Å². The van der Waals surface area contributed by atoms with Crippen LogP contribution in [0.15, 0.2) is 41.3 Å². The normalized spacial score (nSPS) is 11.3. The van der Waals surface area contributed by atoms with Gasteiger partial charge in [0.25, 0.3) is 5.92 Å². The van der Waals surface area contributed by atoms with Crippen molar-refractivity contribution in [3.05, 3.63) is 46.8 Å². The molecule has 1 heterocycles. The zero-order valence-corrected chi connectivity index (χ0v) is 11.0. The first-order chi connectivity index (χ1) is 8.47. The van der Waals surface area contributed by atoms with Gasteiger partial charge in [-0.05, 0) is 40.2 Å². The second-order valence-electron chi connectivity index (χ2n) is 3.69. The Balaban J connectivity index is 2.19. The van der Waals surface area contributed by atoms with E-state index in [0.717, 1.165) is 6.92 Å². The summed E-state index contributed by atoms with van der Waals surface area (Å²) in [6, 6.07) is 5.59. The molecule has 0 radical (unpaired) electrons. The van der Waals surface area contributed by atoms with Crippen LogP contribution in [0, 0.1) is 0 Å². The average Bonchev–Trinajstić information content (AvgIpc) is 2.32. The van der Waals surface area contributed by atoms with Gasteiger partial charge in [0.1, 0.15) is 12.1 Å². The van der Waals surface area contributed by atoms with Gasteiger partial charge in [-0.2, -0.15) is 0 Å². The zero-order valence-electron chi connectivity index (χ0n) is 9.40. The van der Waals surface area contributed by atoms with Gasteiger partial charge in [0.15, 0.2) is 0 Å². The minimum atomic E-state index is -2.85. The van der Waals surface area contributed by atoms with Crippen molar-refractivity contribution in [2.45, 2.75) is 12.8 Å². The van der Waals surface area contributed by atoms with Crippen molar-refractivity contribution in [2.75, 3.05) is 0 Å². The van der Waals surface area contributed by atoms with Crippen molar-refractivity contribution >= 4 is 15.9 Å². The van der Waals surface area contributed by atoms with Crippen molar-refractivity contribution in [1.29, 1.82) is 0 Å². The fourth-order valence-electron chi connectivity index (χ4n) is 1.30. The van der Waals surface area contributed by atoms with Crippen molar-refractivity contribution in [3.8, 4) is 11.6 Å². The molecule has 0 atom stereocenters. The lowest BCUT2D eigenvalue weighted by atomic mass is 10.1. The van der Waals surface area contributed by atoms with Gasteiger partial charge in [-0.3, -0.25) is 0 Å². The molecular weight excluding hydrogens is 306 g/mol. The third kappa shape index (κ3) is 3.01. The van der Waals surface area contributed by atoms with Crippen LogP contribution in [0.1, 0.15) is 12.5 Å². The predicted octanol–water partition coefficient (Wildman–Crippen LogP) is 4.14. The SMILES string of the molecule is CC(F)(F)c1ccc(Oc2ncncc2Br)cc1. The summed E-state index contributed by atoms with van der Waals surface area (Å²) < 4.78 is 32.0. The summed E-state index contributed by atoms with van der Waals surface area (Å²) in [5, 5.41) is 0. The highest BCUT2D eigenvalue weighted by Crippen LogP contribution is 2.30. The molecule has 0 bridgehead atoms. The maximum atomic E-state index is 13.0. The number of hydrogen-bond acceptors (Lipinski definition) is 3. The molecule has 0 fully saturated rings. The van der Waals surface area contributed by atoms with Crippen LogP contribution in [0.4, 0.5) is 8.78 Å². The largest absolute Gasteiger partial charge is 0.438 e. The highest BCUT2D eigenvalue weighted by atomic mass is 79.9. The average molecular weight is 315 g/mol. The molecule has 0 aliphatic rings. The van der Waals surface area contributed by atoms with Crippen LogP contribution in [0.25, 0.3) is 0 Å². The maximum absolute atomic E-state index is 13.0. The third-order valence-electron chi connectivity index (χ3n) is 2.21. The topological polar surface area (TPSA) is 35.0 Å². The molecule has 2 aromatic rings. The molecule has 0 unspecified atom stereocenters. The number of halogens is 3. The molecule has 0 aliphatic carbocycles. The summed E-state index contributed by atoms with van der Waals surface area (Å²) in [5.74, 6) is -2.09. The Hall–Kier alpha value is -1.56. The molecule has 3 nitrogen and oxygen atoms in total. The third-order valence-corrected chi connectivity index (χ3v) is 2.75. The summed E-state index contributed by atoms with van der Waals surface area (Å²) in [6.07, 6.45) is 2.88. The second kappa shape index (κ2) is 4.97. The minimum absolute atomic E-state index is 0.0587. The first kappa shape index (κ1) is 12.9. The number of alkyl halides is 2. The molecular formula is C12H9BrF2N2O.